The van der Waals surface area contributed by atoms with Crippen LogP contribution in [0.3, 0.4) is 0 Å². The number of hydrogen-bond acceptors (Lipinski definition) is 7. The van der Waals surface area contributed by atoms with Crippen molar-refractivity contribution >= 4 is 22.0 Å². The molecule has 5 rings (SSSR count). The molecule has 4 aromatic rings. The monoisotopic (exact) mass is 559 g/mol. The number of aliphatic hydroxyl groups is 1. The van der Waals surface area contributed by atoms with E-state index < -0.39 is 29.7 Å². The van der Waals surface area contributed by atoms with Crippen molar-refractivity contribution in [2.24, 2.45) is 7.05 Å². The topological polar surface area (TPSA) is 132 Å². The van der Waals surface area contributed by atoms with Crippen LogP contribution < -0.4 is 14.2 Å². The van der Waals surface area contributed by atoms with Crippen LogP contribution in [0.4, 0.5) is 17.6 Å². The second kappa shape index (κ2) is 11.9. The molecule has 0 spiro atoms. The van der Waals surface area contributed by atoms with Gasteiger partial charge in [-0.3, -0.25) is 4.68 Å². The molecule has 38 heavy (non-hydrogen) atoms. The van der Waals surface area contributed by atoms with E-state index in [1.165, 1.54) is 28.0 Å². The number of hydrogen-bond donors (Lipinski definition) is 3. The van der Waals surface area contributed by atoms with E-state index >= 15 is 0 Å². The highest BCUT2D eigenvalue weighted by molar-refractivity contribution is 7.82. The summed E-state index contributed by atoms with van der Waals surface area (Å²) in [5.74, 6) is -0.140. The van der Waals surface area contributed by atoms with Gasteiger partial charge in [-0.1, -0.05) is 0 Å². The first kappa shape index (κ1) is 27.5. The highest BCUT2D eigenvalue weighted by atomic mass is 32.2. The van der Waals surface area contributed by atoms with Crippen LogP contribution in [0.25, 0.3) is 33.4 Å². The number of aliphatic hydroxyl groups excluding tert-OH is 1. The lowest BCUT2D eigenvalue weighted by Crippen LogP contribution is -2.19. The summed E-state index contributed by atoms with van der Waals surface area (Å²) in [6.45, 7) is -1.88. The minimum atomic E-state index is -3.11. The zero-order chi connectivity index (χ0) is 27.4. The number of nitrogens with one attached hydrogen (secondary N) is 2. The first-order chi connectivity index (χ1) is 18.2. The lowest BCUT2D eigenvalue weighted by molar-refractivity contribution is -0.0527. The van der Waals surface area contributed by atoms with E-state index in [9.17, 15) is 21.8 Å². The van der Waals surface area contributed by atoms with Gasteiger partial charge in [0.25, 0.3) is 6.43 Å². The quantitative estimate of drug-likeness (QED) is 0.283. The van der Waals surface area contributed by atoms with E-state index in [0.29, 0.717) is 42.7 Å². The number of H-pyrrole nitrogens is 1. The molecular weight excluding hydrogens is 534 g/mol. The summed E-state index contributed by atoms with van der Waals surface area (Å²) in [6, 6.07) is 3.36. The number of halogens is 4. The van der Waals surface area contributed by atoms with E-state index in [0.717, 1.165) is 0 Å². The average molecular weight is 560 g/mol. The Labute approximate surface area is 216 Å². The molecule has 0 radical (unpaired) electrons. The van der Waals surface area contributed by atoms with Crippen molar-refractivity contribution in [2.45, 2.75) is 26.0 Å². The summed E-state index contributed by atoms with van der Waals surface area (Å²) in [5.41, 5.74) is 0.751. The number of aromatic amines is 1. The molecule has 5 heterocycles. The second-order valence-corrected chi connectivity index (χ2v) is 9.23. The number of rotatable bonds is 8. The van der Waals surface area contributed by atoms with Crippen LogP contribution in [0.1, 0.15) is 18.5 Å². The SMILES string of the molecule is CS(=O)NCCO.Cn1cc(-c2c(-c3c(C(F)F)nn4c3OCCC4)[nH]c3ncccc23)c(OC(F)F)n1. The van der Waals surface area contributed by atoms with E-state index in [2.05, 4.69) is 29.6 Å². The van der Waals surface area contributed by atoms with E-state index in [-0.39, 0.29) is 35.2 Å². The summed E-state index contributed by atoms with van der Waals surface area (Å²) in [5, 5.41) is 16.6. The molecular formula is C22H25F4N7O4S. The van der Waals surface area contributed by atoms with Crippen molar-refractivity contribution in [3.63, 3.8) is 0 Å². The second-order valence-electron chi connectivity index (χ2n) is 8.04. The molecule has 1 unspecified atom stereocenters. The van der Waals surface area contributed by atoms with Crippen LogP contribution in [-0.4, -0.2) is 71.5 Å². The number of nitrogens with zero attached hydrogens (tertiary/aromatic N) is 5. The van der Waals surface area contributed by atoms with E-state index in [1.54, 1.807) is 19.2 Å². The fourth-order valence-electron chi connectivity index (χ4n) is 4.02. The first-order valence-electron chi connectivity index (χ1n) is 11.4. The summed E-state index contributed by atoms with van der Waals surface area (Å²) in [4.78, 5) is 7.30. The molecule has 1 atom stereocenters. The van der Waals surface area contributed by atoms with Gasteiger partial charge in [0.2, 0.25) is 11.8 Å². The number of fused-ring (bicyclic) bond motifs is 2. The lowest BCUT2D eigenvalue weighted by Gasteiger charge is -2.16. The summed E-state index contributed by atoms with van der Waals surface area (Å²) < 4.78 is 79.5. The number of aryl methyl sites for hydroxylation is 2. The zero-order valence-corrected chi connectivity index (χ0v) is 21.1. The highest BCUT2D eigenvalue weighted by Gasteiger charge is 2.33. The molecule has 1 aliphatic heterocycles. The predicted octanol–water partition coefficient (Wildman–Crippen LogP) is 3.01. The van der Waals surface area contributed by atoms with Gasteiger partial charge in [-0.25, -0.2) is 27.4 Å². The van der Waals surface area contributed by atoms with Gasteiger partial charge in [0.05, 0.1) is 41.0 Å². The minimum Gasteiger partial charge on any atom is -0.477 e. The van der Waals surface area contributed by atoms with Gasteiger partial charge in [0.1, 0.15) is 11.3 Å². The minimum absolute atomic E-state index is 0.0413. The first-order valence-corrected chi connectivity index (χ1v) is 12.9. The van der Waals surface area contributed by atoms with Crippen molar-refractivity contribution in [3.05, 3.63) is 30.2 Å². The van der Waals surface area contributed by atoms with Gasteiger partial charge in [0, 0.05) is 56.2 Å². The van der Waals surface area contributed by atoms with Crippen LogP contribution in [0.15, 0.2) is 24.5 Å². The van der Waals surface area contributed by atoms with Gasteiger partial charge in [-0.05, 0) is 12.1 Å². The average Bonchev–Trinajstić information content (AvgIpc) is 3.54. The molecule has 0 aromatic carbocycles. The van der Waals surface area contributed by atoms with E-state index in [1.807, 2.05) is 0 Å². The van der Waals surface area contributed by atoms with Crippen molar-refractivity contribution in [1.29, 1.82) is 0 Å². The van der Waals surface area contributed by atoms with Crippen molar-refractivity contribution in [3.8, 4) is 34.1 Å². The summed E-state index contributed by atoms with van der Waals surface area (Å²) in [7, 11) is 0.570. The molecule has 0 amide bonds. The Morgan fingerprint density at radius 1 is 1.29 bits per heavy atom. The van der Waals surface area contributed by atoms with Gasteiger partial charge in [-0.15, -0.1) is 5.10 Å². The van der Waals surface area contributed by atoms with Crippen LogP contribution in [0.5, 0.6) is 11.8 Å². The maximum Gasteiger partial charge on any atom is 0.388 e. The third-order valence-electron chi connectivity index (χ3n) is 5.40. The molecule has 11 nitrogen and oxygen atoms in total. The Morgan fingerprint density at radius 2 is 2.08 bits per heavy atom. The van der Waals surface area contributed by atoms with Gasteiger partial charge < -0.3 is 19.6 Å². The van der Waals surface area contributed by atoms with Crippen LogP contribution in [0, 0.1) is 0 Å². The number of aromatic nitrogens is 6. The molecule has 206 valence electrons. The van der Waals surface area contributed by atoms with Gasteiger partial charge in [-0.2, -0.15) is 13.9 Å². The predicted molar refractivity (Wildman–Crippen MR) is 130 cm³/mol. The van der Waals surface area contributed by atoms with Crippen LogP contribution in [0.2, 0.25) is 0 Å². The third kappa shape index (κ3) is 5.81. The third-order valence-corrected chi connectivity index (χ3v) is 6.01. The molecule has 4 aromatic heterocycles. The van der Waals surface area contributed by atoms with E-state index in [4.69, 9.17) is 9.84 Å². The fraction of sp³-hybridized carbons (Fsp3) is 0.409. The Morgan fingerprint density at radius 3 is 2.74 bits per heavy atom. The molecule has 3 N–H and O–H groups in total. The number of ether oxygens (including phenoxy) is 2. The highest BCUT2D eigenvalue weighted by Crippen LogP contribution is 2.47. The normalized spacial score (nSPS) is 13.8. The summed E-state index contributed by atoms with van der Waals surface area (Å²) >= 11 is 0. The largest absolute Gasteiger partial charge is 0.477 e. The fourth-order valence-corrected chi connectivity index (χ4v) is 4.40. The Hall–Kier alpha value is -3.50. The molecule has 0 saturated heterocycles. The smallest absolute Gasteiger partial charge is 0.388 e. The number of pyridine rings is 1. The Balaban J connectivity index is 0.000000426. The molecule has 0 aliphatic carbocycles. The Kier molecular flexibility index (Phi) is 8.63. The van der Waals surface area contributed by atoms with Crippen molar-refractivity contribution in [2.75, 3.05) is 26.0 Å². The van der Waals surface area contributed by atoms with Crippen molar-refractivity contribution in [1.82, 2.24) is 34.3 Å². The molecule has 0 saturated carbocycles. The van der Waals surface area contributed by atoms with Crippen LogP contribution in [-0.2, 0) is 24.6 Å². The maximum atomic E-state index is 13.9. The zero-order valence-electron chi connectivity index (χ0n) is 20.3. The van der Waals surface area contributed by atoms with Crippen molar-refractivity contribution < 1.29 is 36.4 Å². The maximum absolute atomic E-state index is 13.9. The van der Waals surface area contributed by atoms with Gasteiger partial charge in [0.15, 0.2) is 0 Å². The summed E-state index contributed by atoms with van der Waals surface area (Å²) in [6.07, 6.45) is 2.29. The standard InChI is InChI=1S/C19H16F4N6O2.C3H9NO2S/c1-28-8-10(17(27-28)31-19(22)23)11-9-4-2-5-24-16(9)25-13(11)12-14(15(20)21)26-29-6-3-7-30-18(12)29;1-7(6)4-2-3-5/h2,4-5,8,15,19H,3,6-7H2,1H3,(H,24,25);4-5H,2-3H2,1H3. The molecule has 1 aliphatic rings. The lowest BCUT2D eigenvalue weighted by atomic mass is 10.0. The van der Waals surface area contributed by atoms with Crippen LogP contribution >= 0.6 is 0 Å². The number of alkyl halides is 4. The Bertz CT molecular complexity index is 1420. The molecule has 0 bridgehead atoms. The molecule has 0 fully saturated rings. The molecule has 16 heteroatoms. The van der Waals surface area contributed by atoms with Gasteiger partial charge >= 0.3 is 6.61 Å².